The van der Waals surface area contributed by atoms with Gasteiger partial charge in [-0.25, -0.2) is 4.98 Å². The Morgan fingerprint density at radius 3 is 3.06 bits per heavy atom. The fourth-order valence-electron chi connectivity index (χ4n) is 2.15. The smallest absolute Gasteiger partial charge is 0.323 e. The highest BCUT2D eigenvalue weighted by Crippen LogP contribution is 2.27. The van der Waals surface area contributed by atoms with E-state index < -0.39 is 5.97 Å². The van der Waals surface area contributed by atoms with E-state index in [2.05, 4.69) is 4.98 Å². The summed E-state index contributed by atoms with van der Waals surface area (Å²) in [6.45, 7) is 0.534. The molecule has 1 amide bonds. The Hall–Kier alpha value is -1.63. The zero-order chi connectivity index (χ0) is 13.1. The lowest BCUT2D eigenvalue weighted by Gasteiger charge is -2.26. The first-order chi connectivity index (χ1) is 8.59. The number of anilines is 1. The van der Waals surface area contributed by atoms with Crippen LogP contribution >= 0.6 is 11.3 Å². The Morgan fingerprint density at radius 2 is 2.44 bits per heavy atom. The number of aliphatic carboxylic acids is 1. The van der Waals surface area contributed by atoms with Gasteiger partial charge in [-0.2, -0.15) is 0 Å². The quantitative estimate of drug-likeness (QED) is 0.869. The molecule has 1 unspecified atom stereocenters. The summed E-state index contributed by atoms with van der Waals surface area (Å²) in [5, 5.41) is 11.4. The molecule has 1 saturated heterocycles. The van der Waals surface area contributed by atoms with Crippen LogP contribution in [0.4, 0.5) is 5.13 Å². The van der Waals surface area contributed by atoms with Crippen LogP contribution < -0.4 is 4.90 Å². The summed E-state index contributed by atoms with van der Waals surface area (Å²) in [7, 11) is 1.52. The van der Waals surface area contributed by atoms with E-state index in [-0.39, 0.29) is 18.5 Å². The first-order valence-electron chi connectivity index (χ1n) is 5.72. The maximum Gasteiger partial charge on any atom is 0.323 e. The number of amides is 1. The van der Waals surface area contributed by atoms with E-state index in [0.29, 0.717) is 0 Å². The molecule has 2 rings (SSSR count). The molecular formula is C11H15N3O3S. The molecule has 1 aliphatic heterocycles. The van der Waals surface area contributed by atoms with E-state index >= 15 is 0 Å². The van der Waals surface area contributed by atoms with Crippen LogP contribution in [-0.4, -0.2) is 53.0 Å². The van der Waals surface area contributed by atoms with E-state index in [1.165, 1.54) is 23.3 Å². The van der Waals surface area contributed by atoms with Crippen LogP contribution in [0.5, 0.6) is 0 Å². The van der Waals surface area contributed by atoms with Crippen molar-refractivity contribution in [2.75, 3.05) is 25.0 Å². The second-order valence-electron chi connectivity index (χ2n) is 4.25. The van der Waals surface area contributed by atoms with Gasteiger partial charge < -0.3 is 14.9 Å². The minimum Gasteiger partial charge on any atom is -0.480 e. The number of rotatable bonds is 4. The number of hydrogen-bond acceptors (Lipinski definition) is 5. The SMILES string of the molecule is CN(CC(=O)O)C(=O)C1CCCN1c1nccs1. The molecule has 18 heavy (non-hydrogen) atoms. The van der Waals surface area contributed by atoms with Crippen LogP contribution in [0.25, 0.3) is 0 Å². The number of nitrogens with zero attached hydrogens (tertiary/aromatic N) is 3. The van der Waals surface area contributed by atoms with Crippen molar-refractivity contribution in [1.82, 2.24) is 9.88 Å². The van der Waals surface area contributed by atoms with Gasteiger partial charge in [-0.3, -0.25) is 9.59 Å². The molecule has 0 aliphatic carbocycles. The van der Waals surface area contributed by atoms with Crippen molar-refractivity contribution in [3.05, 3.63) is 11.6 Å². The summed E-state index contributed by atoms with van der Waals surface area (Å²) in [4.78, 5) is 30.2. The van der Waals surface area contributed by atoms with Gasteiger partial charge in [0.2, 0.25) is 5.91 Å². The number of carboxylic acids is 1. The third kappa shape index (κ3) is 2.61. The molecule has 1 aromatic heterocycles. The van der Waals surface area contributed by atoms with Crippen molar-refractivity contribution >= 4 is 28.3 Å². The number of carboxylic acid groups (broad SMARTS) is 1. The van der Waals surface area contributed by atoms with Gasteiger partial charge in [0.25, 0.3) is 0 Å². The molecule has 98 valence electrons. The van der Waals surface area contributed by atoms with Crippen LogP contribution in [0.1, 0.15) is 12.8 Å². The minimum absolute atomic E-state index is 0.148. The third-order valence-corrected chi connectivity index (χ3v) is 3.76. The molecule has 1 atom stereocenters. The molecule has 1 fully saturated rings. The lowest BCUT2D eigenvalue weighted by molar-refractivity contribution is -0.143. The average Bonchev–Trinajstić information content (AvgIpc) is 2.97. The number of thiazole rings is 1. The molecule has 0 radical (unpaired) electrons. The second-order valence-corrected chi connectivity index (χ2v) is 5.13. The summed E-state index contributed by atoms with van der Waals surface area (Å²) >= 11 is 1.49. The number of carbonyl (C=O) groups excluding carboxylic acids is 1. The van der Waals surface area contributed by atoms with Gasteiger partial charge in [0.1, 0.15) is 12.6 Å². The molecule has 7 heteroatoms. The number of carbonyl (C=O) groups is 2. The fraction of sp³-hybridized carbons (Fsp3) is 0.545. The third-order valence-electron chi connectivity index (χ3n) is 2.95. The fourth-order valence-corrected chi connectivity index (χ4v) is 2.86. The lowest BCUT2D eigenvalue weighted by Crippen LogP contribution is -2.45. The van der Waals surface area contributed by atoms with Crippen LogP contribution in [0.2, 0.25) is 0 Å². The Balaban J connectivity index is 2.07. The van der Waals surface area contributed by atoms with Gasteiger partial charge in [0, 0.05) is 25.2 Å². The first-order valence-corrected chi connectivity index (χ1v) is 6.60. The highest BCUT2D eigenvalue weighted by atomic mass is 32.1. The lowest BCUT2D eigenvalue weighted by atomic mass is 10.2. The van der Waals surface area contributed by atoms with Gasteiger partial charge in [0.05, 0.1) is 0 Å². The standard InChI is InChI=1S/C11H15N3O3S/c1-13(7-9(15)16)10(17)8-3-2-5-14(8)11-12-4-6-18-11/h4,6,8H,2-3,5,7H2,1H3,(H,15,16). The van der Waals surface area contributed by atoms with Gasteiger partial charge >= 0.3 is 5.97 Å². The van der Waals surface area contributed by atoms with Crippen molar-refractivity contribution in [3.8, 4) is 0 Å². The Morgan fingerprint density at radius 1 is 1.67 bits per heavy atom. The number of likely N-dealkylation sites (N-methyl/N-ethyl adjacent to an activating group) is 1. The van der Waals surface area contributed by atoms with Crippen molar-refractivity contribution in [2.24, 2.45) is 0 Å². The van der Waals surface area contributed by atoms with Crippen LogP contribution in [0, 0.1) is 0 Å². The van der Waals surface area contributed by atoms with E-state index in [1.807, 2.05) is 10.3 Å². The maximum absolute atomic E-state index is 12.2. The van der Waals surface area contributed by atoms with Crippen LogP contribution in [0.15, 0.2) is 11.6 Å². The van der Waals surface area contributed by atoms with E-state index in [1.54, 1.807) is 6.20 Å². The van der Waals surface area contributed by atoms with Crippen LogP contribution in [-0.2, 0) is 9.59 Å². The van der Waals surface area contributed by atoms with Gasteiger partial charge in [0.15, 0.2) is 5.13 Å². The Bertz CT molecular complexity index is 435. The molecule has 2 heterocycles. The van der Waals surface area contributed by atoms with Crippen molar-refractivity contribution in [3.63, 3.8) is 0 Å². The molecule has 0 aromatic carbocycles. The highest BCUT2D eigenvalue weighted by molar-refractivity contribution is 7.13. The van der Waals surface area contributed by atoms with Crippen molar-refractivity contribution < 1.29 is 14.7 Å². The Kier molecular flexibility index (Phi) is 3.81. The Labute approximate surface area is 109 Å². The highest BCUT2D eigenvalue weighted by Gasteiger charge is 2.34. The molecule has 0 saturated carbocycles. The zero-order valence-electron chi connectivity index (χ0n) is 10.1. The zero-order valence-corrected chi connectivity index (χ0v) is 10.9. The summed E-state index contributed by atoms with van der Waals surface area (Å²) in [5.74, 6) is -1.14. The molecular weight excluding hydrogens is 254 g/mol. The second kappa shape index (κ2) is 5.34. The molecule has 0 bridgehead atoms. The summed E-state index contributed by atoms with van der Waals surface area (Å²) in [6.07, 6.45) is 3.39. The van der Waals surface area contributed by atoms with Crippen LogP contribution in [0.3, 0.4) is 0 Å². The molecule has 1 N–H and O–H groups in total. The first kappa shape index (κ1) is 12.8. The van der Waals surface area contributed by atoms with Gasteiger partial charge in [-0.05, 0) is 12.8 Å². The summed E-state index contributed by atoms with van der Waals surface area (Å²) in [5.41, 5.74) is 0. The molecule has 0 spiro atoms. The number of aromatic nitrogens is 1. The molecule has 1 aromatic rings. The maximum atomic E-state index is 12.2. The minimum atomic E-state index is -0.996. The molecule has 1 aliphatic rings. The summed E-state index contributed by atoms with van der Waals surface area (Å²) in [6, 6.07) is -0.277. The van der Waals surface area contributed by atoms with E-state index in [9.17, 15) is 9.59 Å². The van der Waals surface area contributed by atoms with Crippen molar-refractivity contribution in [2.45, 2.75) is 18.9 Å². The monoisotopic (exact) mass is 269 g/mol. The normalized spacial score (nSPS) is 18.9. The predicted octanol–water partition coefficient (Wildman–Crippen LogP) is 0.655. The number of hydrogen-bond donors (Lipinski definition) is 1. The van der Waals surface area contributed by atoms with E-state index in [0.717, 1.165) is 24.5 Å². The molecule has 6 nitrogen and oxygen atoms in total. The van der Waals surface area contributed by atoms with Gasteiger partial charge in [-0.1, -0.05) is 0 Å². The largest absolute Gasteiger partial charge is 0.480 e. The van der Waals surface area contributed by atoms with Gasteiger partial charge in [-0.15, -0.1) is 11.3 Å². The van der Waals surface area contributed by atoms with Crippen molar-refractivity contribution in [1.29, 1.82) is 0 Å². The summed E-state index contributed by atoms with van der Waals surface area (Å²) < 4.78 is 0. The topological polar surface area (TPSA) is 73.7 Å². The van der Waals surface area contributed by atoms with E-state index in [4.69, 9.17) is 5.11 Å². The average molecular weight is 269 g/mol. The predicted molar refractivity (Wildman–Crippen MR) is 67.8 cm³/mol.